The fraction of sp³-hybridized carbons (Fsp3) is 0.286. The smallest absolute Gasteiger partial charge is 0.247 e. The number of nitrogens with one attached hydrogen (secondary N) is 1. The van der Waals surface area contributed by atoms with Crippen LogP contribution in [0.15, 0.2) is 72.8 Å². The van der Waals surface area contributed by atoms with Gasteiger partial charge in [0.2, 0.25) is 11.8 Å². The Balaban J connectivity index is 1.99. The van der Waals surface area contributed by atoms with Crippen molar-refractivity contribution in [2.75, 3.05) is 34.5 Å². The van der Waals surface area contributed by atoms with Crippen molar-refractivity contribution in [3.63, 3.8) is 0 Å². The van der Waals surface area contributed by atoms with Gasteiger partial charge in [0.1, 0.15) is 11.8 Å². The van der Waals surface area contributed by atoms with Gasteiger partial charge in [0.25, 0.3) is 0 Å². The Morgan fingerprint density at radius 1 is 0.861 bits per heavy atom. The normalized spacial score (nSPS) is 11.3. The minimum absolute atomic E-state index is 0.0487. The first-order valence-electron chi connectivity index (χ1n) is 11.6. The summed E-state index contributed by atoms with van der Waals surface area (Å²) < 4.78 is 15.9. The summed E-state index contributed by atoms with van der Waals surface area (Å²) in [6.07, 6.45) is 0.0487. The second-order valence-corrected chi connectivity index (χ2v) is 8.06. The number of benzene rings is 3. The molecule has 1 unspecified atom stereocenters. The van der Waals surface area contributed by atoms with E-state index in [2.05, 4.69) is 5.32 Å². The van der Waals surface area contributed by atoms with Crippen molar-refractivity contribution in [1.82, 2.24) is 10.2 Å². The number of aliphatic hydroxyl groups excluding tert-OH is 1. The summed E-state index contributed by atoms with van der Waals surface area (Å²) in [7, 11) is 4.68. The highest BCUT2D eigenvalue weighted by Gasteiger charge is 2.31. The zero-order valence-corrected chi connectivity index (χ0v) is 20.8. The lowest BCUT2D eigenvalue weighted by molar-refractivity contribution is -0.141. The molecule has 190 valence electrons. The second-order valence-electron chi connectivity index (χ2n) is 8.06. The molecular weight excluding hydrogens is 460 g/mol. The second kappa shape index (κ2) is 13.2. The van der Waals surface area contributed by atoms with Crippen LogP contribution in [0.2, 0.25) is 0 Å². The van der Waals surface area contributed by atoms with Gasteiger partial charge in [-0.1, -0.05) is 48.5 Å². The molecule has 0 aromatic heterocycles. The van der Waals surface area contributed by atoms with Crippen molar-refractivity contribution in [2.45, 2.75) is 19.0 Å². The van der Waals surface area contributed by atoms with Crippen molar-refractivity contribution in [3.8, 4) is 17.2 Å². The average molecular weight is 493 g/mol. The lowest BCUT2D eigenvalue weighted by Gasteiger charge is -2.32. The minimum atomic E-state index is -0.896. The summed E-state index contributed by atoms with van der Waals surface area (Å²) in [6.45, 7) is 0.0793. The maximum Gasteiger partial charge on any atom is 0.247 e. The summed E-state index contributed by atoms with van der Waals surface area (Å²) >= 11 is 0. The quantitative estimate of drug-likeness (QED) is 0.403. The van der Waals surface area contributed by atoms with Gasteiger partial charge in [-0.25, -0.2) is 0 Å². The molecule has 0 aliphatic heterocycles. The van der Waals surface area contributed by atoms with Gasteiger partial charge < -0.3 is 29.5 Å². The van der Waals surface area contributed by atoms with E-state index in [9.17, 15) is 14.7 Å². The van der Waals surface area contributed by atoms with Crippen molar-refractivity contribution >= 4 is 11.8 Å². The number of aliphatic hydroxyl groups is 1. The van der Waals surface area contributed by atoms with Crippen LogP contribution in [0, 0.1) is 0 Å². The molecule has 0 bridgehead atoms. The van der Waals surface area contributed by atoms with E-state index < -0.39 is 6.04 Å². The third-order valence-corrected chi connectivity index (χ3v) is 5.72. The molecule has 0 aliphatic rings. The number of hydrogen-bond donors (Lipinski definition) is 2. The molecule has 0 saturated carbocycles. The molecule has 1 atom stereocenters. The van der Waals surface area contributed by atoms with Crippen LogP contribution in [0.1, 0.15) is 22.7 Å². The van der Waals surface area contributed by atoms with Gasteiger partial charge >= 0.3 is 0 Å². The number of methoxy groups -OCH3 is 3. The Kier molecular flexibility index (Phi) is 9.71. The third kappa shape index (κ3) is 6.76. The highest BCUT2D eigenvalue weighted by Crippen LogP contribution is 2.29. The Morgan fingerprint density at radius 2 is 1.53 bits per heavy atom. The maximum absolute atomic E-state index is 13.8. The van der Waals surface area contributed by atoms with E-state index in [0.29, 0.717) is 22.8 Å². The zero-order valence-electron chi connectivity index (χ0n) is 20.8. The average Bonchev–Trinajstić information content (AvgIpc) is 2.92. The van der Waals surface area contributed by atoms with Crippen LogP contribution in [0.25, 0.3) is 0 Å². The molecule has 0 spiro atoms. The standard InChI is InChI=1S/C28H32N2O6/c1-34-23-12-9-20(10-13-23)19-30(26(32)18-21-11-14-24(35-2)25(17-21)36-3)27(28(33)29-15-16-31)22-7-5-4-6-8-22/h4-14,17,27,31H,15-16,18-19H2,1-3H3,(H,29,33). The van der Waals surface area contributed by atoms with Crippen molar-refractivity contribution < 1.29 is 28.9 Å². The molecule has 36 heavy (non-hydrogen) atoms. The third-order valence-electron chi connectivity index (χ3n) is 5.72. The fourth-order valence-electron chi connectivity index (χ4n) is 3.90. The van der Waals surface area contributed by atoms with Gasteiger partial charge in [-0.2, -0.15) is 0 Å². The summed E-state index contributed by atoms with van der Waals surface area (Å²) in [5.41, 5.74) is 2.23. The lowest BCUT2D eigenvalue weighted by atomic mass is 10.0. The number of hydrogen-bond acceptors (Lipinski definition) is 6. The first-order chi connectivity index (χ1) is 17.5. The number of amides is 2. The largest absolute Gasteiger partial charge is 0.497 e. The predicted molar refractivity (Wildman–Crippen MR) is 136 cm³/mol. The van der Waals surface area contributed by atoms with Gasteiger partial charge in [-0.15, -0.1) is 0 Å². The molecule has 8 heteroatoms. The molecule has 2 amide bonds. The first-order valence-corrected chi connectivity index (χ1v) is 11.6. The SMILES string of the molecule is COc1ccc(CN(C(=O)Cc2ccc(OC)c(OC)c2)C(C(=O)NCCO)c2ccccc2)cc1. The molecule has 3 aromatic carbocycles. The minimum Gasteiger partial charge on any atom is -0.497 e. The predicted octanol–water partition coefficient (Wildman–Crippen LogP) is 3.13. The zero-order chi connectivity index (χ0) is 25.9. The maximum atomic E-state index is 13.8. The van der Waals surface area contributed by atoms with Crippen LogP contribution in [0.3, 0.4) is 0 Å². The van der Waals surface area contributed by atoms with Gasteiger partial charge in [0.05, 0.1) is 34.4 Å². The van der Waals surface area contributed by atoms with Gasteiger partial charge in [-0.3, -0.25) is 9.59 Å². The molecule has 0 fully saturated rings. The van der Waals surface area contributed by atoms with E-state index in [1.54, 1.807) is 37.3 Å². The molecular formula is C28H32N2O6. The summed E-state index contributed by atoms with van der Waals surface area (Å²) in [5.74, 6) is 1.16. The number of ether oxygens (including phenoxy) is 3. The van der Waals surface area contributed by atoms with E-state index in [-0.39, 0.29) is 37.9 Å². The van der Waals surface area contributed by atoms with Crippen LogP contribution in [-0.2, 0) is 22.6 Å². The molecule has 8 nitrogen and oxygen atoms in total. The topological polar surface area (TPSA) is 97.3 Å². The summed E-state index contributed by atoms with van der Waals surface area (Å²) in [5, 5.41) is 12.0. The van der Waals surface area contributed by atoms with Crippen LogP contribution >= 0.6 is 0 Å². The van der Waals surface area contributed by atoms with E-state index in [1.807, 2.05) is 54.6 Å². The van der Waals surface area contributed by atoms with E-state index in [4.69, 9.17) is 14.2 Å². The van der Waals surface area contributed by atoms with Gasteiger partial charge in [0.15, 0.2) is 11.5 Å². The van der Waals surface area contributed by atoms with E-state index in [0.717, 1.165) is 11.1 Å². The molecule has 0 saturated heterocycles. The van der Waals surface area contributed by atoms with Crippen molar-refractivity contribution in [2.24, 2.45) is 0 Å². The summed E-state index contributed by atoms with van der Waals surface area (Å²) in [4.78, 5) is 28.6. The number of carbonyl (C=O) groups is 2. The van der Waals surface area contributed by atoms with Crippen molar-refractivity contribution in [1.29, 1.82) is 0 Å². The Hall–Kier alpha value is -4.04. The fourth-order valence-corrected chi connectivity index (χ4v) is 3.90. The van der Waals surface area contributed by atoms with Crippen LogP contribution < -0.4 is 19.5 Å². The first kappa shape index (κ1) is 26.6. The van der Waals surface area contributed by atoms with E-state index in [1.165, 1.54) is 7.11 Å². The Morgan fingerprint density at radius 3 is 2.14 bits per heavy atom. The molecule has 0 aliphatic carbocycles. The molecule has 3 aromatic rings. The molecule has 3 rings (SSSR count). The van der Waals surface area contributed by atoms with Crippen LogP contribution in [0.4, 0.5) is 0 Å². The monoisotopic (exact) mass is 492 g/mol. The number of rotatable bonds is 12. The van der Waals surface area contributed by atoms with Gasteiger partial charge in [-0.05, 0) is 41.0 Å². The highest BCUT2D eigenvalue weighted by atomic mass is 16.5. The van der Waals surface area contributed by atoms with Crippen LogP contribution in [0.5, 0.6) is 17.2 Å². The summed E-state index contributed by atoms with van der Waals surface area (Å²) in [6, 6.07) is 20.9. The molecule has 0 radical (unpaired) electrons. The number of carbonyl (C=O) groups excluding carboxylic acids is 2. The molecule has 0 heterocycles. The van der Waals surface area contributed by atoms with Gasteiger partial charge in [0, 0.05) is 13.1 Å². The lowest BCUT2D eigenvalue weighted by Crippen LogP contribution is -2.44. The molecule has 2 N–H and O–H groups in total. The van der Waals surface area contributed by atoms with Crippen molar-refractivity contribution in [3.05, 3.63) is 89.5 Å². The van der Waals surface area contributed by atoms with Crippen LogP contribution in [-0.4, -0.2) is 56.3 Å². The highest BCUT2D eigenvalue weighted by molar-refractivity contribution is 5.89. The van der Waals surface area contributed by atoms with E-state index >= 15 is 0 Å². The Bertz CT molecular complexity index is 1130. The number of nitrogens with zero attached hydrogens (tertiary/aromatic N) is 1. The Labute approximate surface area is 211 Å².